The van der Waals surface area contributed by atoms with Gasteiger partial charge in [-0.05, 0) is 29.9 Å². The Hall–Kier alpha value is -1.37. The predicted octanol–water partition coefficient (Wildman–Crippen LogP) is 0.989. The first kappa shape index (κ1) is 15.5. The molecule has 22 heavy (non-hydrogen) atoms. The molecule has 1 aliphatic heterocycles. The smallest absolute Gasteiger partial charge is 0.426 e. The Morgan fingerprint density at radius 1 is 1.23 bits per heavy atom. The van der Waals surface area contributed by atoms with Crippen molar-refractivity contribution in [2.75, 3.05) is 0 Å². The van der Waals surface area contributed by atoms with Crippen molar-refractivity contribution in [3.63, 3.8) is 0 Å². The number of carbonyl (C=O) groups excluding carboxylic acids is 1. The van der Waals surface area contributed by atoms with Crippen molar-refractivity contribution in [1.82, 2.24) is 4.90 Å². The summed E-state index contributed by atoms with van der Waals surface area (Å²) in [6, 6.07) is 6.97. The molecule has 1 fully saturated rings. The van der Waals surface area contributed by atoms with E-state index in [4.69, 9.17) is 5.73 Å². The largest absolute Gasteiger partial charge is 0.480 e. The maximum Gasteiger partial charge on any atom is 0.480 e. The SMILES string of the molecule is N[C@H](C(=O)N1Cc2ccccc2[C@H]1B(O)O)C1CCCCC1. The lowest BCUT2D eigenvalue weighted by Crippen LogP contribution is -2.50. The molecule has 1 heterocycles. The molecule has 1 aliphatic carbocycles. The van der Waals surface area contributed by atoms with E-state index in [0.29, 0.717) is 6.54 Å². The van der Waals surface area contributed by atoms with Crippen LogP contribution < -0.4 is 5.73 Å². The van der Waals surface area contributed by atoms with Crippen LogP contribution in [0.15, 0.2) is 24.3 Å². The fraction of sp³-hybridized carbons (Fsp3) is 0.562. The lowest BCUT2D eigenvalue weighted by atomic mass is 9.74. The van der Waals surface area contributed by atoms with Gasteiger partial charge in [0.25, 0.3) is 0 Å². The van der Waals surface area contributed by atoms with Gasteiger partial charge < -0.3 is 20.7 Å². The van der Waals surface area contributed by atoms with E-state index >= 15 is 0 Å². The van der Waals surface area contributed by atoms with Gasteiger partial charge in [0.05, 0.1) is 12.0 Å². The fourth-order valence-electron chi connectivity index (χ4n) is 3.84. The number of hydrogen-bond donors (Lipinski definition) is 3. The van der Waals surface area contributed by atoms with Crippen molar-refractivity contribution >= 4 is 13.0 Å². The maximum atomic E-state index is 12.8. The highest BCUT2D eigenvalue weighted by Gasteiger charge is 2.43. The second-order valence-corrected chi connectivity index (χ2v) is 6.45. The van der Waals surface area contributed by atoms with E-state index in [9.17, 15) is 14.8 Å². The minimum Gasteiger partial charge on any atom is -0.426 e. The van der Waals surface area contributed by atoms with Crippen LogP contribution in [0, 0.1) is 5.92 Å². The summed E-state index contributed by atoms with van der Waals surface area (Å²) in [6.07, 6.45) is 5.43. The van der Waals surface area contributed by atoms with E-state index in [-0.39, 0.29) is 11.8 Å². The highest BCUT2D eigenvalue weighted by atomic mass is 16.4. The summed E-state index contributed by atoms with van der Waals surface area (Å²) < 4.78 is 0. The van der Waals surface area contributed by atoms with E-state index in [0.717, 1.165) is 36.8 Å². The van der Waals surface area contributed by atoms with Crippen LogP contribution in [0.1, 0.15) is 49.2 Å². The van der Waals surface area contributed by atoms with Crippen LogP contribution in [-0.2, 0) is 11.3 Å². The number of fused-ring (bicyclic) bond motifs is 1. The van der Waals surface area contributed by atoms with Crippen LogP contribution in [0.3, 0.4) is 0 Å². The molecule has 1 amide bonds. The van der Waals surface area contributed by atoms with Gasteiger partial charge in [0.2, 0.25) is 5.91 Å². The monoisotopic (exact) mass is 302 g/mol. The third-order valence-electron chi connectivity index (χ3n) is 5.06. The zero-order chi connectivity index (χ0) is 15.7. The molecule has 6 heteroatoms. The Kier molecular flexibility index (Phi) is 4.52. The first-order chi connectivity index (χ1) is 10.6. The predicted molar refractivity (Wildman–Crippen MR) is 84.5 cm³/mol. The normalized spacial score (nSPS) is 23.2. The molecule has 1 aromatic rings. The molecular weight excluding hydrogens is 279 g/mol. The number of carbonyl (C=O) groups is 1. The van der Waals surface area contributed by atoms with Gasteiger partial charge >= 0.3 is 7.12 Å². The molecule has 0 unspecified atom stereocenters. The van der Waals surface area contributed by atoms with E-state index in [1.165, 1.54) is 11.3 Å². The van der Waals surface area contributed by atoms with E-state index in [2.05, 4.69) is 0 Å². The minimum absolute atomic E-state index is 0.166. The lowest BCUT2D eigenvalue weighted by molar-refractivity contribution is -0.135. The first-order valence-corrected chi connectivity index (χ1v) is 8.09. The van der Waals surface area contributed by atoms with E-state index in [1.54, 1.807) is 0 Å². The van der Waals surface area contributed by atoms with Crippen molar-refractivity contribution in [2.45, 2.75) is 50.6 Å². The number of nitrogens with zero attached hydrogens (tertiary/aromatic N) is 1. The Morgan fingerprint density at radius 3 is 2.59 bits per heavy atom. The molecule has 0 spiro atoms. The van der Waals surface area contributed by atoms with Gasteiger partial charge in [-0.15, -0.1) is 0 Å². The molecule has 0 aromatic heterocycles. The molecule has 0 saturated heterocycles. The molecule has 2 atom stereocenters. The number of amides is 1. The van der Waals surface area contributed by atoms with Crippen molar-refractivity contribution in [1.29, 1.82) is 0 Å². The van der Waals surface area contributed by atoms with Crippen LogP contribution in [0.2, 0.25) is 0 Å². The number of benzene rings is 1. The molecule has 5 nitrogen and oxygen atoms in total. The standard InChI is InChI=1S/C16H23BN2O3/c18-14(11-6-2-1-3-7-11)16(20)19-10-12-8-4-5-9-13(12)15(19)17(21)22/h4-5,8-9,11,14-15,21-22H,1-3,6-7,10,18H2/t14-,15-/m0/s1. The summed E-state index contributed by atoms with van der Waals surface area (Å²) in [7, 11) is -1.59. The summed E-state index contributed by atoms with van der Waals surface area (Å²) in [5.74, 6) is -0.666. The maximum absolute atomic E-state index is 12.8. The van der Waals surface area contributed by atoms with Crippen LogP contribution in [0.4, 0.5) is 0 Å². The lowest BCUT2D eigenvalue weighted by Gasteiger charge is -2.32. The number of nitrogens with two attached hydrogens (primary N) is 1. The van der Waals surface area contributed by atoms with Gasteiger partial charge in [-0.25, -0.2) is 0 Å². The molecule has 4 N–H and O–H groups in total. The molecule has 3 rings (SSSR count). The zero-order valence-corrected chi connectivity index (χ0v) is 12.7. The second kappa shape index (κ2) is 6.40. The van der Waals surface area contributed by atoms with Crippen molar-refractivity contribution in [3.05, 3.63) is 35.4 Å². The number of rotatable bonds is 3. The quantitative estimate of drug-likeness (QED) is 0.727. The van der Waals surface area contributed by atoms with Gasteiger partial charge in [-0.3, -0.25) is 4.79 Å². The second-order valence-electron chi connectivity index (χ2n) is 6.45. The average molecular weight is 302 g/mol. The van der Waals surface area contributed by atoms with Gasteiger partial charge in [0, 0.05) is 6.54 Å². The van der Waals surface area contributed by atoms with Gasteiger partial charge in [-0.2, -0.15) is 0 Å². The summed E-state index contributed by atoms with van der Waals surface area (Å²) in [4.78, 5) is 14.3. The van der Waals surface area contributed by atoms with Crippen molar-refractivity contribution < 1.29 is 14.8 Å². The minimum atomic E-state index is -1.59. The molecule has 118 valence electrons. The van der Waals surface area contributed by atoms with Crippen molar-refractivity contribution in [2.24, 2.45) is 11.7 Å². The van der Waals surface area contributed by atoms with Gasteiger partial charge in [0.1, 0.15) is 0 Å². The van der Waals surface area contributed by atoms with E-state index in [1.807, 2.05) is 24.3 Å². The van der Waals surface area contributed by atoms with Crippen LogP contribution in [-0.4, -0.2) is 34.0 Å². The Morgan fingerprint density at radius 2 is 1.91 bits per heavy atom. The molecule has 1 saturated carbocycles. The van der Waals surface area contributed by atoms with Crippen LogP contribution in [0.25, 0.3) is 0 Å². The molecule has 0 radical (unpaired) electrons. The summed E-state index contributed by atoms with van der Waals surface area (Å²) in [5.41, 5.74) is 7.98. The molecule has 2 aliphatic rings. The summed E-state index contributed by atoms with van der Waals surface area (Å²) >= 11 is 0. The van der Waals surface area contributed by atoms with Gasteiger partial charge in [0.15, 0.2) is 0 Å². The highest BCUT2D eigenvalue weighted by molar-refractivity contribution is 6.43. The Labute approximate surface area is 131 Å². The average Bonchev–Trinajstić information content (AvgIpc) is 2.94. The molecule has 1 aromatic carbocycles. The molecular formula is C16H23BN2O3. The summed E-state index contributed by atoms with van der Waals surface area (Å²) in [6.45, 7) is 0.401. The molecule has 0 bridgehead atoms. The zero-order valence-electron chi connectivity index (χ0n) is 12.7. The topological polar surface area (TPSA) is 86.8 Å². The third-order valence-corrected chi connectivity index (χ3v) is 5.06. The Balaban J connectivity index is 1.80. The van der Waals surface area contributed by atoms with Crippen molar-refractivity contribution in [3.8, 4) is 0 Å². The van der Waals surface area contributed by atoms with E-state index < -0.39 is 19.1 Å². The summed E-state index contributed by atoms with van der Waals surface area (Å²) in [5, 5.41) is 19.5. The third kappa shape index (κ3) is 2.78. The number of hydrogen-bond acceptors (Lipinski definition) is 4. The van der Waals surface area contributed by atoms with Crippen LogP contribution in [0.5, 0.6) is 0 Å². The highest BCUT2D eigenvalue weighted by Crippen LogP contribution is 2.36. The van der Waals surface area contributed by atoms with Gasteiger partial charge in [-0.1, -0.05) is 43.5 Å². The van der Waals surface area contributed by atoms with Crippen LogP contribution >= 0.6 is 0 Å². The fourth-order valence-corrected chi connectivity index (χ4v) is 3.84. The first-order valence-electron chi connectivity index (χ1n) is 8.09. The Bertz CT molecular complexity index is 546.